The van der Waals surface area contributed by atoms with Gasteiger partial charge in [-0.2, -0.15) is 0 Å². The number of anilines is 1. The molecule has 1 aliphatic rings. The molecule has 7 heteroatoms. The molecule has 0 bridgehead atoms. The average molecular weight is 328 g/mol. The molecule has 120 valence electrons. The summed E-state index contributed by atoms with van der Waals surface area (Å²) in [5.74, 6) is 0.825. The number of rotatable bonds is 3. The van der Waals surface area contributed by atoms with E-state index in [-0.39, 0.29) is 0 Å². The van der Waals surface area contributed by atoms with Gasteiger partial charge in [0.15, 0.2) is 4.96 Å². The van der Waals surface area contributed by atoms with E-state index in [0.29, 0.717) is 12.1 Å². The van der Waals surface area contributed by atoms with Crippen LogP contribution < -0.4 is 10.6 Å². The van der Waals surface area contributed by atoms with Crippen LogP contribution in [0.4, 0.5) is 5.82 Å². The SMILES string of the molecule is Cc1cn2c(-c3cncc(NC4CCC(C)NC4)n3)cnc2s1. The van der Waals surface area contributed by atoms with Crippen molar-refractivity contribution >= 4 is 22.1 Å². The fourth-order valence-electron chi connectivity index (χ4n) is 2.98. The van der Waals surface area contributed by atoms with Gasteiger partial charge in [0.05, 0.1) is 24.3 Å². The molecule has 2 N–H and O–H groups in total. The summed E-state index contributed by atoms with van der Waals surface area (Å²) in [7, 11) is 0. The Bertz CT molecular complexity index is 815. The van der Waals surface area contributed by atoms with Gasteiger partial charge >= 0.3 is 0 Å². The normalized spacial score (nSPS) is 21.7. The molecular weight excluding hydrogens is 308 g/mol. The van der Waals surface area contributed by atoms with Gasteiger partial charge in [-0.3, -0.25) is 9.38 Å². The first-order valence-corrected chi connectivity index (χ1v) is 8.76. The lowest BCUT2D eigenvalue weighted by Crippen LogP contribution is -2.43. The molecule has 1 saturated heterocycles. The lowest BCUT2D eigenvalue weighted by atomic mass is 10.0. The highest BCUT2D eigenvalue weighted by Gasteiger charge is 2.18. The van der Waals surface area contributed by atoms with Crippen LogP contribution in [-0.2, 0) is 0 Å². The maximum Gasteiger partial charge on any atom is 0.194 e. The minimum Gasteiger partial charge on any atom is -0.365 e. The minimum atomic E-state index is 0.407. The Hall–Kier alpha value is -1.99. The number of hydrogen-bond acceptors (Lipinski definition) is 6. The van der Waals surface area contributed by atoms with Gasteiger partial charge in [-0.25, -0.2) is 9.97 Å². The van der Waals surface area contributed by atoms with Gasteiger partial charge in [0.2, 0.25) is 0 Å². The zero-order valence-corrected chi connectivity index (χ0v) is 14.1. The molecule has 0 aromatic carbocycles. The smallest absolute Gasteiger partial charge is 0.194 e. The van der Waals surface area contributed by atoms with Crippen LogP contribution in [0.15, 0.2) is 24.8 Å². The van der Waals surface area contributed by atoms with Gasteiger partial charge in [0.1, 0.15) is 11.5 Å². The fraction of sp³-hybridized carbons (Fsp3) is 0.438. The molecule has 1 aliphatic heterocycles. The van der Waals surface area contributed by atoms with E-state index in [4.69, 9.17) is 4.98 Å². The van der Waals surface area contributed by atoms with E-state index in [1.165, 1.54) is 11.3 Å². The molecule has 23 heavy (non-hydrogen) atoms. The maximum absolute atomic E-state index is 4.73. The standard InChI is InChI=1S/C16H20N6S/c1-10-3-4-12(5-18-10)20-15-8-17-6-13(21-15)14-7-19-16-22(14)9-11(2)23-16/h6-10,12,18H,3-5H2,1-2H3,(H,20,21). The summed E-state index contributed by atoms with van der Waals surface area (Å²) in [4.78, 5) is 15.8. The second kappa shape index (κ2) is 5.90. The highest BCUT2D eigenvalue weighted by Crippen LogP contribution is 2.24. The summed E-state index contributed by atoms with van der Waals surface area (Å²) in [6.07, 6.45) is 9.88. The van der Waals surface area contributed by atoms with Crippen molar-refractivity contribution in [2.24, 2.45) is 0 Å². The molecule has 0 spiro atoms. The molecule has 0 aliphatic carbocycles. The molecule has 4 heterocycles. The van der Waals surface area contributed by atoms with E-state index < -0.39 is 0 Å². The van der Waals surface area contributed by atoms with Crippen molar-refractivity contribution < 1.29 is 0 Å². The maximum atomic E-state index is 4.73. The van der Waals surface area contributed by atoms with Crippen LogP contribution in [0.3, 0.4) is 0 Å². The van der Waals surface area contributed by atoms with Gasteiger partial charge < -0.3 is 10.6 Å². The molecule has 4 rings (SSSR count). The molecule has 0 saturated carbocycles. The van der Waals surface area contributed by atoms with Crippen molar-refractivity contribution in [2.45, 2.75) is 38.8 Å². The highest BCUT2D eigenvalue weighted by molar-refractivity contribution is 7.17. The van der Waals surface area contributed by atoms with Crippen LogP contribution in [0, 0.1) is 6.92 Å². The monoisotopic (exact) mass is 328 g/mol. The number of hydrogen-bond donors (Lipinski definition) is 2. The number of nitrogens with one attached hydrogen (secondary N) is 2. The van der Waals surface area contributed by atoms with Crippen LogP contribution >= 0.6 is 11.3 Å². The van der Waals surface area contributed by atoms with Crippen molar-refractivity contribution in [2.75, 3.05) is 11.9 Å². The third-order valence-corrected chi connectivity index (χ3v) is 5.15. The molecule has 3 aromatic heterocycles. The third kappa shape index (κ3) is 2.94. The van der Waals surface area contributed by atoms with Crippen LogP contribution in [0.1, 0.15) is 24.6 Å². The van der Waals surface area contributed by atoms with Crippen LogP contribution in [0.5, 0.6) is 0 Å². The van der Waals surface area contributed by atoms with Gasteiger partial charge in [0.25, 0.3) is 0 Å². The summed E-state index contributed by atoms with van der Waals surface area (Å²) in [5, 5.41) is 6.99. The summed E-state index contributed by atoms with van der Waals surface area (Å²) >= 11 is 1.68. The van der Waals surface area contributed by atoms with Crippen LogP contribution in [0.2, 0.25) is 0 Å². The Labute approximate surface area is 139 Å². The lowest BCUT2D eigenvalue weighted by Gasteiger charge is -2.28. The first-order valence-electron chi connectivity index (χ1n) is 7.95. The number of piperidine rings is 1. The number of aromatic nitrogens is 4. The summed E-state index contributed by atoms with van der Waals surface area (Å²) in [6.45, 7) is 5.28. The third-order valence-electron chi connectivity index (χ3n) is 4.24. The van der Waals surface area contributed by atoms with E-state index in [9.17, 15) is 0 Å². The number of imidazole rings is 1. The molecule has 3 aromatic rings. The van der Waals surface area contributed by atoms with Crippen LogP contribution in [-0.4, -0.2) is 38.0 Å². The Morgan fingerprint density at radius 2 is 2.22 bits per heavy atom. The molecule has 0 amide bonds. The average Bonchev–Trinajstić information content (AvgIpc) is 3.09. The fourth-order valence-corrected chi connectivity index (χ4v) is 3.78. The molecule has 0 radical (unpaired) electrons. The summed E-state index contributed by atoms with van der Waals surface area (Å²) < 4.78 is 2.08. The Kier molecular flexibility index (Phi) is 3.74. The Morgan fingerprint density at radius 3 is 3.04 bits per heavy atom. The Balaban J connectivity index is 1.58. The molecule has 2 atom stereocenters. The summed E-state index contributed by atoms with van der Waals surface area (Å²) in [5.41, 5.74) is 1.83. The van der Waals surface area contributed by atoms with Crippen molar-refractivity contribution in [3.63, 3.8) is 0 Å². The van der Waals surface area contributed by atoms with Crippen molar-refractivity contribution in [3.8, 4) is 11.4 Å². The number of nitrogens with zero attached hydrogens (tertiary/aromatic N) is 4. The summed E-state index contributed by atoms with van der Waals surface area (Å²) in [6, 6.07) is 1.01. The topological polar surface area (TPSA) is 67.1 Å². The predicted molar refractivity (Wildman–Crippen MR) is 92.9 cm³/mol. The second-order valence-electron chi connectivity index (χ2n) is 6.16. The van der Waals surface area contributed by atoms with Crippen molar-refractivity contribution in [1.82, 2.24) is 24.7 Å². The zero-order chi connectivity index (χ0) is 15.8. The quantitative estimate of drug-likeness (QED) is 0.774. The van der Waals surface area contributed by atoms with Crippen LogP contribution in [0.25, 0.3) is 16.3 Å². The van der Waals surface area contributed by atoms with E-state index in [0.717, 1.165) is 35.1 Å². The molecular formula is C16H20N6S. The van der Waals surface area contributed by atoms with Gasteiger partial charge in [0, 0.05) is 29.7 Å². The number of fused-ring (bicyclic) bond motifs is 1. The van der Waals surface area contributed by atoms with E-state index in [1.54, 1.807) is 23.7 Å². The minimum absolute atomic E-state index is 0.407. The first kappa shape index (κ1) is 14.6. The number of thiazole rings is 1. The first-order chi connectivity index (χ1) is 11.2. The number of aryl methyl sites for hydroxylation is 1. The zero-order valence-electron chi connectivity index (χ0n) is 13.3. The van der Waals surface area contributed by atoms with Gasteiger partial charge in [-0.05, 0) is 26.7 Å². The largest absolute Gasteiger partial charge is 0.365 e. The highest BCUT2D eigenvalue weighted by atomic mass is 32.1. The Morgan fingerprint density at radius 1 is 1.30 bits per heavy atom. The van der Waals surface area contributed by atoms with E-state index in [2.05, 4.69) is 45.0 Å². The second-order valence-corrected chi connectivity index (χ2v) is 7.37. The van der Waals surface area contributed by atoms with E-state index in [1.807, 2.05) is 6.20 Å². The van der Waals surface area contributed by atoms with Gasteiger partial charge in [-0.1, -0.05) is 0 Å². The lowest BCUT2D eigenvalue weighted by molar-refractivity contribution is 0.398. The van der Waals surface area contributed by atoms with Gasteiger partial charge in [-0.15, -0.1) is 11.3 Å². The van der Waals surface area contributed by atoms with Crippen molar-refractivity contribution in [1.29, 1.82) is 0 Å². The van der Waals surface area contributed by atoms with E-state index >= 15 is 0 Å². The predicted octanol–water partition coefficient (Wildman–Crippen LogP) is 2.71. The van der Waals surface area contributed by atoms with Crippen molar-refractivity contribution in [3.05, 3.63) is 29.7 Å². The molecule has 6 nitrogen and oxygen atoms in total. The molecule has 1 fully saturated rings. The molecule has 2 unspecified atom stereocenters.